The normalized spacial score (nSPS) is 11.9. The van der Waals surface area contributed by atoms with Gasteiger partial charge in [-0.15, -0.1) is 0 Å². The highest BCUT2D eigenvalue weighted by Gasteiger charge is 2.25. The van der Waals surface area contributed by atoms with Crippen LogP contribution >= 0.6 is 136 Å². The van der Waals surface area contributed by atoms with Gasteiger partial charge in [0.2, 0.25) is 0 Å². The molecule has 45 heteroatoms. The standard InChI is InChI=1S/C66H56Br4Cl2N12O19S8/c67-49-25-39(59(87)57(69)61(49)89)31-75-81-55(85)33-83(47-17-9-41(71)10-18-47)65(106)79-45-15-7-37(53(29-45)110(97,98)99)3-1-35-5-13-43(27-51(35)108(91,92)93)77-63(104)73-21-23-103-24-22-74-64(105)78-44-14-6-36(52(28-44)109(94,95)96)2-4-38-8-16-46(30-54(38)111(100,101)102)80-66(107)84(48-19-11-42(72)12-20-48)34-56(86)82-76-32-40-26-50(68)62(90)58(70)60(40)88/h1-20,25-32,87-90H,21-24,33-34H2,(H,79,106)(H,80,107)(H,81,85)(H,82,86)(H2,73,77,104)(H2,74,78,105)(H,91,92,93)(H,94,95,96)(H,97,98,99)(H,100,101,102)/b3-1+,4-2+,75-31-,76-32-. The summed E-state index contributed by atoms with van der Waals surface area (Å²) < 4.78 is 149. The summed E-state index contributed by atoms with van der Waals surface area (Å²) in [7, 11) is -19.9. The van der Waals surface area contributed by atoms with Crippen LogP contribution < -0.4 is 52.6 Å². The highest BCUT2D eigenvalue weighted by molar-refractivity contribution is 9.11. The van der Waals surface area contributed by atoms with E-state index in [1.807, 2.05) is 0 Å². The van der Waals surface area contributed by atoms with Gasteiger partial charge in [-0.1, -0.05) is 71.8 Å². The Kier molecular flexibility index (Phi) is 30.9. The molecule has 16 N–H and O–H groups in total. The Morgan fingerprint density at radius 2 is 0.712 bits per heavy atom. The molecule has 0 fully saturated rings. The summed E-state index contributed by atoms with van der Waals surface area (Å²) in [6, 6.07) is 29.8. The quantitative estimate of drug-likeness (QED) is 0.00541. The van der Waals surface area contributed by atoms with Gasteiger partial charge in [-0.05, 0) is 244 Å². The zero-order chi connectivity index (χ0) is 81.4. The number of benzene rings is 8. The van der Waals surface area contributed by atoms with E-state index >= 15 is 0 Å². The van der Waals surface area contributed by atoms with Gasteiger partial charge in [0, 0.05) is 68.4 Å². The average molecular weight is 1970 g/mol. The van der Waals surface area contributed by atoms with Crippen LogP contribution in [0.4, 0.5) is 34.1 Å². The predicted octanol–water partition coefficient (Wildman–Crippen LogP) is 12.2. The van der Waals surface area contributed by atoms with Crippen molar-refractivity contribution in [3.8, 4) is 23.0 Å². The number of nitrogens with zero attached hydrogens (tertiary/aromatic N) is 4. The molecule has 2 amide bonds. The Bertz CT molecular complexity index is 5270. The number of hydrogen-bond acceptors (Lipinski definition) is 21. The second-order valence-corrected chi connectivity index (χ2v) is 33.8. The van der Waals surface area contributed by atoms with Crippen LogP contribution in [-0.2, 0) is 54.8 Å². The molecule has 0 aliphatic carbocycles. The summed E-state index contributed by atoms with van der Waals surface area (Å²) in [5.74, 6) is -2.69. The van der Waals surface area contributed by atoms with Gasteiger partial charge in [-0.2, -0.15) is 43.9 Å². The minimum absolute atomic E-state index is 0.000850. The first-order valence-electron chi connectivity index (χ1n) is 30.8. The highest BCUT2D eigenvalue weighted by Crippen LogP contribution is 2.42. The number of aromatic hydroxyl groups is 4. The Balaban J connectivity index is 0.820. The molecule has 0 aliphatic rings. The third-order valence-corrected chi connectivity index (χ3v) is 22.7. The van der Waals surface area contributed by atoms with E-state index in [0.29, 0.717) is 21.4 Å². The minimum Gasteiger partial charge on any atom is -0.506 e. The number of ether oxygens (including phenoxy) is 1. The molecule has 8 rings (SSSR count). The van der Waals surface area contributed by atoms with Crippen LogP contribution in [-0.4, -0.2) is 156 Å². The zero-order valence-corrected chi connectivity index (χ0v) is 70.2. The molecule has 0 spiro atoms. The van der Waals surface area contributed by atoms with Crippen molar-refractivity contribution >= 4 is 279 Å². The van der Waals surface area contributed by atoms with E-state index in [1.165, 1.54) is 119 Å². The number of hydrogen-bond donors (Lipinski definition) is 16. The molecule has 0 radical (unpaired) electrons. The summed E-state index contributed by atoms with van der Waals surface area (Å²) in [4.78, 5) is 26.5. The van der Waals surface area contributed by atoms with Crippen LogP contribution in [0.1, 0.15) is 33.4 Å². The molecular weight excluding hydrogens is 1910 g/mol. The minimum atomic E-state index is -5.01. The van der Waals surface area contributed by atoms with Gasteiger partial charge >= 0.3 is 0 Å². The molecule has 0 heterocycles. The van der Waals surface area contributed by atoms with Gasteiger partial charge in [-0.25, -0.2) is 10.9 Å². The maximum atomic E-state index is 13.2. The second kappa shape index (κ2) is 38.9. The van der Waals surface area contributed by atoms with Gasteiger partial charge in [-0.3, -0.25) is 27.8 Å². The molecule has 0 atom stereocenters. The summed E-state index contributed by atoms with van der Waals surface area (Å²) in [6.45, 7) is -0.585. The smallest absolute Gasteiger partial charge is 0.295 e. The van der Waals surface area contributed by atoms with Crippen LogP contribution in [0.5, 0.6) is 23.0 Å². The fourth-order valence-electron chi connectivity index (χ4n) is 9.50. The van der Waals surface area contributed by atoms with Crippen molar-refractivity contribution in [1.82, 2.24) is 21.5 Å². The van der Waals surface area contributed by atoms with E-state index in [2.05, 4.69) is 117 Å². The van der Waals surface area contributed by atoms with Crippen LogP contribution in [0.15, 0.2) is 181 Å². The van der Waals surface area contributed by atoms with Crippen molar-refractivity contribution in [1.29, 1.82) is 0 Å². The van der Waals surface area contributed by atoms with E-state index in [9.17, 15) is 81.9 Å². The van der Waals surface area contributed by atoms with Gasteiger partial charge < -0.3 is 66.9 Å². The van der Waals surface area contributed by atoms with Crippen LogP contribution in [0.2, 0.25) is 10.0 Å². The monoisotopic (exact) mass is 1960 g/mol. The van der Waals surface area contributed by atoms with Gasteiger partial charge in [0.15, 0.2) is 20.4 Å². The molecule has 0 bridgehead atoms. The molecule has 584 valence electrons. The number of phenols is 4. The number of carbonyl (C=O) groups excluding carboxylic acids is 2. The maximum absolute atomic E-state index is 13.2. The SMILES string of the molecule is O=C(CN(C(=S)Nc1ccc(/C=C/c2ccc(NC(=S)NCCOCCNC(=S)Nc3ccc(/C=C/c4ccc(NC(=S)N(CC(=O)N/N=C\c5cc(Br)c(O)c(Br)c5O)c5ccc(Cl)cc5)cc4S(=O)(=O)O)c(S(=O)(=O)O)c3)cc2S(=O)(=O)O)c(S(=O)(=O)O)c1)c1ccc(Cl)cc1)N/N=C\c1cc(Br)c(O)c(Br)c1O. The zero-order valence-electron chi connectivity index (χ0n) is 55.8. The number of carbonyl (C=O) groups is 2. The number of hydrazone groups is 2. The van der Waals surface area contributed by atoms with Gasteiger partial charge in [0.05, 0.1) is 34.6 Å². The summed E-state index contributed by atoms with van der Waals surface area (Å²) in [6.07, 6.45) is 6.91. The Hall–Kier alpha value is -8.42. The fourth-order valence-corrected chi connectivity index (χ4v) is 15.9. The summed E-state index contributed by atoms with van der Waals surface area (Å²) >= 11 is 46.7. The molecule has 0 unspecified atom stereocenters. The fraction of sp³-hybridized carbons (Fsp3) is 0.0909. The van der Waals surface area contributed by atoms with E-state index in [4.69, 9.17) is 76.8 Å². The Morgan fingerprint density at radius 3 is 1.00 bits per heavy atom. The van der Waals surface area contributed by atoms with Crippen LogP contribution in [0, 0.1) is 0 Å². The number of rotatable bonds is 28. The molecule has 111 heavy (non-hydrogen) atoms. The first-order chi connectivity index (χ1) is 52.1. The van der Waals surface area contributed by atoms with Crippen molar-refractivity contribution in [2.24, 2.45) is 10.2 Å². The lowest BCUT2D eigenvalue weighted by Gasteiger charge is -2.25. The first kappa shape index (κ1) is 88.1. The molecule has 0 aliphatic heterocycles. The maximum Gasteiger partial charge on any atom is 0.295 e. The molecular formula is C66H56Br4Cl2N12O19S8. The number of anilines is 6. The Morgan fingerprint density at radius 1 is 0.423 bits per heavy atom. The van der Waals surface area contributed by atoms with E-state index in [1.54, 1.807) is 24.3 Å². The number of thiocarbonyl (C=S) groups is 4. The lowest BCUT2D eigenvalue weighted by molar-refractivity contribution is -0.120. The molecule has 0 aromatic heterocycles. The van der Waals surface area contributed by atoms with Gasteiger partial charge in [0.1, 0.15) is 64.6 Å². The van der Waals surface area contributed by atoms with Crippen molar-refractivity contribution in [2.45, 2.75) is 19.6 Å². The number of amides is 2. The largest absolute Gasteiger partial charge is 0.506 e. The van der Waals surface area contributed by atoms with Crippen molar-refractivity contribution in [2.75, 3.05) is 70.5 Å². The predicted molar refractivity (Wildman–Crippen MR) is 454 cm³/mol. The second-order valence-electron chi connectivity index (χ2n) is 22.4. The molecule has 0 saturated carbocycles. The van der Waals surface area contributed by atoms with Gasteiger partial charge in [0.25, 0.3) is 52.3 Å². The lowest BCUT2D eigenvalue weighted by Crippen LogP contribution is -2.41. The van der Waals surface area contributed by atoms with E-state index in [0.717, 1.165) is 36.7 Å². The topological polar surface area (TPSA) is 469 Å². The van der Waals surface area contributed by atoms with Crippen LogP contribution in [0.25, 0.3) is 24.3 Å². The summed E-state index contributed by atoms with van der Waals surface area (Å²) in [5, 5.41) is 66.0. The van der Waals surface area contributed by atoms with Crippen molar-refractivity contribution < 1.29 is 86.6 Å². The first-order valence-corrected chi connectivity index (χ1v) is 42.1. The highest BCUT2D eigenvalue weighted by atomic mass is 79.9. The third-order valence-electron chi connectivity index (χ3n) is 14.7. The van der Waals surface area contributed by atoms with E-state index in [-0.39, 0.29) is 144 Å². The third kappa shape index (κ3) is 25.3. The number of halogens is 6. The number of nitrogens with one attached hydrogen (secondary N) is 8. The molecule has 8 aromatic carbocycles. The molecule has 8 aromatic rings. The van der Waals surface area contributed by atoms with Crippen LogP contribution in [0.3, 0.4) is 0 Å². The van der Waals surface area contributed by atoms with Crippen molar-refractivity contribution in [3.63, 3.8) is 0 Å². The molecule has 0 saturated heterocycles. The summed E-state index contributed by atoms with van der Waals surface area (Å²) in [5.41, 5.74) is 5.25. The van der Waals surface area contributed by atoms with E-state index < -0.39 is 85.0 Å². The average Bonchev–Trinajstić information content (AvgIpc) is 0.809. The number of phenolic OH excluding ortho intramolecular Hbond substituents is 4. The molecule has 31 nitrogen and oxygen atoms in total. The lowest BCUT2D eigenvalue weighted by atomic mass is 10.1. The Labute approximate surface area is 698 Å². The van der Waals surface area contributed by atoms with Crippen molar-refractivity contribution in [3.05, 3.63) is 195 Å².